The van der Waals surface area contributed by atoms with E-state index in [-0.39, 0.29) is 5.91 Å². The van der Waals surface area contributed by atoms with Crippen molar-refractivity contribution in [1.29, 1.82) is 0 Å². The molecule has 0 aliphatic heterocycles. The Morgan fingerprint density at radius 1 is 1.03 bits per heavy atom. The molecular formula is C23H21N3O4. The number of aromatic nitrogens is 1. The number of methoxy groups -OCH3 is 1. The summed E-state index contributed by atoms with van der Waals surface area (Å²) in [6, 6.07) is 17.6. The van der Waals surface area contributed by atoms with Gasteiger partial charge in [-0.25, -0.2) is 5.48 Å². The lowest BCUT2D eigenvalue weighted by Crippen LogP contribution is -2.26. The van der Waals surface area contributed by atoms with E-state index >= 15 is 0 Å². The Morgan fingerprint density at radius 3 is 2.40 bits per heavy atom. The smallest absolute Gasteiger partial charge is 0.267 e. The highest BCUT2D eigenvalue weighted by Crippen LogP contribution is 2.27. The first kappa shape index (κ1) is 20.8. The van der Waals surface area contributed by atoms with Crippen molar-refractivity contribution in [1.82, 2.24) is 10.5 Å². The van der Waals surface area contributed by atoms with E-state index < -0.39 is 5.91 Å². The molecule has 0 aliphatic rings. The van der Waals surface area contributed by atoms with Crippen LogP contribution >= 0.6 is 0 Å². The summed E-state index contributed by atoms with van der Waals surface area (Å²) in [6.45, 7) is 0. The molecule has 7 nitrogen and oxygen atoms in total. The zero-order valence-electron chi connectivity index (χ0n) is 16.6. The number of hydroxylamine groups is 1. The Labute approximate surface area is 174 Å². The molecule has 0 spiro atoms. The second-order valence-electron chi connectivity index (χ2n) is 6.42. The third kappa shape index (κ3) is 4.71. The van der Waals surface area contributed by atoms with E-state index in [1.807, 2.05) is 12.1 Å². The lowest BCUT2D eigenvalue weighted by Gasteiger charge is -2.19. The maximum absolute atomic E-state index is 12.9. The van der Waals surface area contributed by atoms with Crippen molar-refractivity contribution in [2.75, 3.05) is 19.1 Å². The number of anilines is 1. The minimum Gasteiger partial charge on any atom is -0.497 e. The van der Waals surface area contributed by atoms with Gasteiger partial charge in [-0.05, 0) is 53.6 Å². The molecule has 1 aromatic heterocycles. The van der Waals surface area contributed by atoms with Gasteiger partial charge in [-0.1, -0.05) is 18.2 Å². The van der Waals surface area contributed by atoms with Crippen molar-refractivity contribution >= 4 is 23.1 Å². The molecule has 0 bridgehead atoms. The van der Waals surface area contributed by atoms with Gasteiger partial charge in [-0.2, -0.15) is 0 Å². The van der Waals surface area contributed by atoms with Crippen LogP contribution in [0.4, 0.5) is 5.69 Å². The number of benzene rings is 2. The molecular weight excluding hydrogens is 382 g/mol. The zero-order valence-corrected chi connectivity index (χ0v) is 16.6. The van der Waals surface area contributed by atoms with Crippen LogP contribution in [0.3, 0.4) is 0 Å². The molecule has 0 atom stereocenters. The maximum atomic E-state index is 12.9. The van der Waals surface area contributed by atoms with Crippen LogP contribution in [0.5, 0.6) is 5.75 Å². The van der Waals surface area contributed by atoms with Gasteiger partial charge < -0.3 is 9.64 Å². The molecule has 0 aliphatic carbocycles. The minimum atomic E-state index is -0.665. The second-order valence-corrected chi connectivity index (χ2v) is 6.42. The van der Waals surface area contributed by atoms with Crippen LogP contribution in [-0.4, -0.2) is 36.2 Å². The molecule has 3 rings (SSSR count). The Hall–Kier alpha value is -3.97. The first-order valence-corrected chi connectivity index (χ1v) is 9.12. The molecule has 7 heteroatoms. The number of carbonyl (C=O) groups excluding carboxylic acids is 2. The number of ether oxygens (including phenoxy) is 1. The average Bonchev–Trinajstić information content (AvgIpc) is 2.82. The molecule has 152 valence electrons. The fourth-order valence-electron chi connectivity index (χ4n) is 2.95. The Balaban J connectivity index is 1.95. The van der Waals surface area contributed by atoms with Crippen LogP contribution in [0.15, 0.2) is 79.1 Å². The number of nitrogens with one attached hydrogen (secondary N) is 1. The molecule has 0 saturated carbocycles. The topological polar surface area (TPSA) is 91.8 Å². The average molecular weight is 403 g/mol. The van der Waals surface area contributed by atoms with Crippen LogP contribution < -0.4 is 15.1 Å². The monoisotopic (exact) mass is 403 g/mol. The van der Waals surface area contributed by atoms with Gasteiger partial charge in [0.2, 0.25) is 0 Å². The van der Waals surface area contributed by atoms with Crippen LogP contribution in [0, 0.1) is 0 Å². The van der Waals surface area contributed by atoms with Gasteiger partial charge in [-0.3, -0.25) is 19.8 Å². The highest BCUT2D eigenvalue weighted by atomic mass is 16.5. The zero-order chi connectivity index (χ0) is 21.5. The summed E-state index contributed by atoms with van der Waals surface area (Å²) >= 11 is 0. The molecule has 30 heavy (non-hydrogen) atoms. The van der Waals surface area contributed by atoms with Gasteiger partial charge in [0.25, 0.3) is 11.8 Å². The second kappa shape index (κ2) is 9.49. The molecule has 2 N–H and O–H groups in total. The lowest BCUT2D eigenvalue weighted by molar-refractivity contribution is -0.124. The Bertz CT molecular complexity index is 1060. The maximum Gasteiger partial charge on any atom is 0.267 e. The highest BCUT2D eigenvalue weighted by Gasteiger charge is 2.15. The molecule has 2 aromatic carbocycles. The molecule has 0 saturated heterocycles. The summed E-state index contributed by atoms with van der Waals surface area (Å²) in [5, 5.41) is 8.93. The van der Waals surface area contributed by atoms with Gasteiger partial charge >= 0.3 is 0 Å². The van der Waals surface area contributed by atoms with Crippen LogP contribution in [0.2, 0.25) is 0 Å². The number of nitrogens with zero attached hydrogens (tertiary/aromatic N) is 2. The van der Waals surface area contributed by atoms with E-state index in [4.69, 9.17) is 9.94 Å². The van der Waals surface area contributed by atoms with E-state index in [0.29, 0.717) is 33.7 Å². The summed E-state index contributed by atoms with van der Waals surface area (Å²) in [7, 11) is 3.25. The Morgan fingerprint density at radius 2 is 1.77 bits per heavy atom. The predicted octanol–water partition coefficient (Wildman–Crippen LogP) is 3.30. The quantitative estimate of drug-likeness (QED) is 0.374. The number of hydrogen-bond acceptors (Lipinski definition) is 5. The SMILES string of the molecule is COc1ccc(C(=O)N(C)c2cccc(C(=CC(=O)NO)c3cccnc3)c2)cc1. The van der Waals surface area contributed by atoms with E-state index in [2.05, 4.69) is 4.98 Å². The van der Waals surface area contributed by atoms with Crippen LogP contribution in [-0.2, 0) is 4.79 Å². The third-order valence-electron chi connectivity index (χ3n) is 4.54. The molecule has 2 amide bonds. The predicted molar refractivity (Wildman–Crippen MR) is 113 cm³/mol. The number of pyridine rings is 1. The lowest BCUT2D eigenvalue weighted by atomic mass is 9.98. The van der Waals surface area contributed by atoms with Gasteiger partial charge in [-0.15, -0.1) is 0 Å². The normalized spacial score (nSPS) is 11.0. The van der Waals surface area contributed by atoms with Gasteiger partial charge in [0.1, 0.15) is 5.75 Å². The number of amides is 2. The van der Waals surface area contributed by atoms with Crippen molar-refractivity contribution in [3.8, 4) is 5.75 Å². The summed E-state index contributed by atoms with van der Waals surface area (Å²) < 4.78 is 5.13. The first-order chi connectivity index (χ1) is 14.5. The van der Waals surface area contributed by atoms with Crippen molar-refractivity contribution < 1.29 is 19.5 Å². The molecule has 1 heterocycles. The summed E-state index contributed by atoms with van der Waals surface area (Å²) in [6.07, 6.45) is 4.53. The van der Waals surface area contributed by atoms with Crippen molar-refractivity contribution in [2.45, 2.75) is 0 Å². The third-order valence-corrected chi connectivity index (χ3v) is 4.54. The standard InChI is InChI=1S/C23H21N3O4/c1-26(23(28)16-8-10-20(30-2)11-9-16)19-7-3-5-17(13-19)21(14-22(27)25-29)18-6-4-12-24-15-18/h3-15,29H,1-2H3,(H,25,27). The van der Waals surface area contributed by atoms with Gasteiger partial charge in [0.05, 0.1) is 7.11 Å². The molecule has 0 radical (unpaired) electrons. The molecule has 0 unspecified atom stereocenters. The van der Waals surface area contributed by atoms with Gasteiger partial charge in [0.15, 0.2) is 0 Å². The van der Waals surface area contributed by atoms with E-state index in [0.717, 1.165) is 0 Å². The summed E-state index contributed by atoms with van der Waals surface area (Å²) in [5.41, 5.74) is 4.72. The highest BCUT2D eigenvalue weighted by molar-refractivity contribution is 6.06. The number of carbonyl (C=O) groups is 2. The van der Waals surface area contributed by atoms with Crippen LogP contribution in [0.25, 0.3) is 5.57 Å². The van der Waals surface area contributed by atoms with E-state index in [1.54, 1.807) is 80.6 Å². The Kier molecular flexibility index (Phi) is 6.56. The number of rotatable bonds is 6. The van der Waals surface area contributed by atoms with Crippen molar-refractivity contribution in [3.05, 3.63) is 95.8 Å². The molecule has 3 aromatic rings. The first-order valence-electron chi connectivity index (χ1n) is 9.12. The summed E-state index contributed by atoms with van der Waals surface area (Å²) in [5.74, 6) is -0.179. The number of hydrogen-bond donors (Lipinski definition) is 2. The molecule has 0 fully saturated rings. The van der Waals surface area contributed by atoms with E-state index in [9.17, 15) is 9.59 Å². The van der Waals surface area contributed by atoms with Crippen molar-refractivity contribution in [3.63, 3.8) is 0 Å². The fourth-order valence-corrected chi connectivity index (χ4v) is 2.95. The summed E-state index contributed by atoms with van der Waals surface area (Å²) in [4.78, 5) is 30.3. The van der Waals surface area contributed by atoms with Crippen molar-refractivity contribution in [2.24, 2.45) is 0 Å². The fraction of sp³-hybridized carbons (Fsp3) is 0.0870. The minimum absolute atomic E-state index is 0.185. The van der Waals surface area contributed by atoms with E-state index in [1.165, 1.54) is 11.0 Å². The van der Waals surface area contributed by atoms with Crippen LogP contribution in [0.1, 0.15) is 21.5 Å². The largest absolute Gasteiger partial charge is 0.497 e. The van der Waals surface area contributed by atoms with Gasteiger partial charge in [0, 0.05) is 42.3 Å².